The molecular weight excluding hydrogens is 223 g/mol. The maximum Gasteiger partial charge on any atom is 0.129 e. The van der Waals surface area contributed by atoms with Gasteiger partial charge in [0.25, 0.3) is 0 Å². The molecule has 1 atom stereocenters. The van der Waals surface area contributed by atoms with Crippen LogP contribution in [0.2, 0.25) is 0 Å². The van der Waals surface area contributed by atoms with Gasteiger partial charge < -0.3 is 5.32 Å². The Morgan fingerprint density at radius 3 is 2.88 bits per heavy atom. The van der Waals surface area contributed by atoms with Gasteiger partial charge in [0.1, 0.15) is 5.82 Å². The first-order valence-corrected chi connectivity index (χ1v) is 6.47. The van der Waals surface area contributed by atoms with Gasteiger partial charge in [0.15, 0.2) is 0 Å². The number of nitriles is 1. The van der Waals surface area contributed by atoms with Gasteiger partial charge in [-0.2, -0.15) is 17.0 Å². The van der Waals surface area contributed by atoms with Crippen LogP contribution in [0.25, 0.3) is 0 Å². The number of thioether (sulfide) groups is 1. The molecule has 0 aliphatic heterocycles. The van der Waals surface area contributed by atoms with E-state index >= 15 is 0 Å². The van der Waals surface area contributed by atoms with Crippen molar-refractivity contribution in [2.75, 3.05) is 12.0 Å². The minimum atomic E-state index is -0.317. The fourth-order valence-electron chi connectivity index (χ4n) is 1.35. The lowest BCUT2D eigenvalue weighted by Crippen LogP contribution is -2.27. The van der Waals surface area contributed by atoms with Crippen molar-refractivity contribution in [1.29, 1.82) is 5.26 Å². The summed E-state index contributed by atoms with van der Waals surface area (Å²) in [6.45, 7) is 2.57. The zero-order chi connectivity index (χ0) is 12.0. The molecular formula is C12H15FN2S. The molecule has 1 aromatic rings. The van der Waals surface area contributed by atoms with Gasteiger partial charge in [0.2, 0.25) is 0 Å². The van der Waals surface area contributed by atoms with Crippen LogP contribution in [0.5, 0.6) is 0 Å². The summed E-state index contributed by atoms with van der Waals surface area (Å²) in [5.41, 5.74) is 0.963. The maximum atomic E-state index is 13.5. The van der Waals surface area contributed by atoms with Crippen LogP contribution >= 0.6 is 11.8 Å². The molecule has 1 unspecified atom stereocenters. The molecule has 0 aliphatic carbocycles. The minimum Gasteiger partial charge on any atom is -0.309 e. The zero-order valence-corrected chi connectivity index (χ0v) is 10.3. The summed E-state index contributed by atoms with van der Waals surface area (Å²) in [7, 11) is 0. The number of nitrogens with one attached hydrogen (secondary N) is 1. The monoisotopic (exact) mass is 238 g/mol. The number of nitrogens with zero attached hydrogens (tertiary/aromatic N) is 1. The van der Waals surface area contributed by atoms with Crippen LogP contribution in [-0.2, 0) is 6.54 Å². The molecule has 0 bridgehead atoms. The molecule has 1 aromatic carbocycles. The van der Waals surface area contributed by atoms with E-state index in [1.54, 1.807) is 23.9 Å². The lowest BCUT2D eigenvalue weighted by atomic mass is 10.1. The Labute approximate surface area is 99.9 Å². The Morgan fingerprint density at radius 2 is 2.31 bits per heavy atom. The van der Waals surface area contributed by atoms with E-state index in [0.717, 1.165) is 5.75 Å². The lowest BCUT2D eigenvalue weighted by Gasteiger charge is -2.12. The minimum absolute atomic E-state index is 0.317. The Hall–Kier alpha value is -1.05. The van der Waals surface area contributed by atoms with Gasteiger partial charge in [-0.3, -0.25) is 0 Å². The quantitative estimate of drug-likeness (QED) is 0.856. The third kappa shape index (κ3) is 3.84. The third-order valence-electron chi connectivity index (χ3n) is 2.24. The maximum absolute atomic E-state index is 13.5. The molecule has 0 fully saturated rings. The highest BCUT2D eigenvalue weighted by atomic mass is 32.2. The molecule has 0 radical (unpaired) electrons. The Morgan fingerprint density at radius 1 is 1.56 bits per heavy atom. The second kappa shape index (κ2) is 6.51. The first-order valence-electron chi connectivity index (χ1n) is 5.08. The molecule has 0 spiro atoms. The molecule has 0 aromatic heterocycles. The van der Waals surface area contributed by atoms with E-state index in [4.69, 9.17) is 5.26 Å². The van der Waals surface area contributed by atoms with Crippen LogP contribution < -0.4 is 5.32 Å². The summed E-state index contributed by atoms with van der Waals surface area (Å²) >= 11 is 1.76. The Kier molecular flexibility index (Phi) is 5.30. The molecule has 0 saturated heterocycles. The highest BCUT2D eigenvalue weighted by Gasteiger charge is 2.05. The third-order valence-corrected chi connectivity index (χ3v) is 3.07. The highest BCUT2D eigenvalue weighted by molar-refractivity contribution is 7.98. The van der Waals surface area contributed by atoms with Crippen LogP contribution in [0, 0.1) is 17.1 Å². The first kappa shape index (κ1) is 13.0. The van der Waals surface area contributed by atoms with E-state index in [2.05, 4.69) is 12.2 Å². The molecule has 0 heterocycles. The number of hydrogen-bond acceptors (Lipinski definition) is 3. The van der Waals surface area contributed by atoms with Gasteiger partial charge in [-0.15, -0.1) is 0 Å². The van der Waals surface area contributed by atoms with Gasteiger partial charge in [-0.05, 0) is 25.3 Å². The van der Waals surface area contributed by atoms with Crippen molar-refractivity contribution < 1.29 is 4.39 Å². The summed E-state index contributed by atoms with van der Waals surface area (Å²) in [5, 5.41) is 11.8. The molecule has 16 heavy (non-hydrogen) atoms. The highest BCUT2D eigenvalue weighted by Crippen LogP contribution is 2.10. The average Bonchev–Trinajstić information content (AvgIpc) is 2.27. The fourth-order valence-corrected chi connectivity index (χ4v) is 1.97. The molecule has 0 aliphatic rings. The number of rotatable bonds is 5. The molecule has 1 N–H and O–H groups in total. The second-order valence-electron chi connectivity index (χ2n) is 3.66. The van der Waals surface area contributed by atoms with Crippen molar-refractivity contribution in [2.24, 2.45) is 0 Å². The van der Waals surface area contributed by atoms with Crippen LogP contribution in [0.15, 0.2) is 18.2 Å². The lowest BCUT2D eigenvalue weighted by molar-refractivity contribution is 0.557. The largest absolute Gasteiger partial charge is 0.309 e. The fraction of sp³-hybridized carbons (Fsp3) is 0.417. The standard InChI is InChI=1S/C12H15FN2S/c1-9(8-16-2)15-7-11-4-3-10(6-14)5-12(11)13/h3-5,9,15H,7-8H2,1-2H3. The summed E-state index contributed by atoms with van der Waals surface area (Å²) in [5.74, 6) is 0.681. The number of benzene rings is 1. The number of hydrogen-bond donors (Lipinski definition) is 1. The SMILES string of the molecule is CSCC(C)NCc1ccc(C#N)cc1F. The average molecular weight is 238 g/mol. The van der Waals surface area contributed by atoms with Crippen molar-refractivity contribution >= 4 is 11.8 Å². The van der Waals surface area contributed by atoms with Crippen LogP contribution in [0.3, 0.4) is 0 Å². The second-order valence-corrected chi connectivity index (χ2v) is 4.57. The summed E-state index contributed by atoms with van der Waals surface area (Å²) in [6.07, 6.45) is 2.04. The predicted octanol–water partition coefficient (Wildman–Crippen LogP) is 2.54. The van der Waals surface area contributed by atoms with Gasteiger partial charge in [0, 0.05) is 23.9 Å². The van der Waals surface area contributed by atoms with Gasteiger partial charge in [-0.1, -0.05) is 6.07 Å². The smallest absolute Gasteiger partial charge is 0.129 e. The van der Waals surface area contributed by atoms with Gasteiger partial charge in [0.05, 0.1) is 11.6 Å². The van der Waals surface area contributed by atoms with E-state index in [-0.39, 0.29) is 5.82 Å². The van der Waals surface area contributed by atoms with Crippen LogP contribution in [-0.4, -0.2) is 18.1 Å². The van der Waals surface area contributed by atoms with Crippen LogP contribution in [0.1, 0.15) is 18.1 Å². The van der Waals surface area contributed by atoms with E-state index in [1.165, 1.54) is 6.07 Å². The molecule has 1 rings (SSSR count). The summed E-state index contributed by atoms with van der Waals surface area (Å²) in [4.78, 5) is 0. The van der Waals surface area contributed by atoms with Crippen molar-refractivity contribution in [1.82, 2.24) is 5.32 Å². The van der Waals surface area contributed by atoms with Gasteiger partial charge in [-0.25, -0.2) is 4.39 Å². The predicted molar refractivity (Wildman–Crippen MR) is 65.8 cm³/mol. The van der Waals surface area contributed by atoms with Crippen molar-refractivity contribution in [2.45, 2.75) is 19.5 Å². The summed E-state index contributed by atoms with van der Waals surface area (Å²) < 4.78 is 13.5. The van der Waals surface area contributed by atoms with Crippen molar-refractivity contribution in [3.8, 4) is 6.07 Å². The Bertz CT molecular complexity index is 387. The summed E-state index contributed by atoms with van der Waals surface area (Å²) in [6, 6.07) is 6.84. The topological polar surface area (TPSA) is 35.8 Å². The van der Waals surface area contributed by atoms with Crippen LogP contribution in [0.4, 0.5) is 4.39 Å². The molecule has 0 saturated carbocycles. The van der Waals surface area contributed by atoms with E-state index in [9.17, 15) is 4.39 Å². The molecule has 2 nitrogen and oxygen atoms in total. The number of halogens is 1. The molecule has 86 valence electrons. The van der Waals surface area contributed by atoms with Gasteiger partial charge >= 0.3 is 0 Å². The molecule has 0 amide bonds. The van der Waals surface area contributed by atoms with Crippen molar-refractivity contribution in [3.05, 3.63) is 35.1 Å². The zero-order valence-electron chi connectivity index (χ0n) is 9.46. The van der Waals surface area contributed by atoms with E-state index in [1.807, 2.05) is 12.3 Å². The van der Waals surface area contributed by atoms with E-state index in [0.29, 0.717) is 23.7 Å². The van der Waals surface area contributed by atoms with E-state index < -0.39 is 0 Å². The Balaban J connectivity index is 2.58. The van der Waals surface area contributed by atoms with Crippen molar-refractivity contribution in [3.63, 3.8) is 0 Å². The molecule has 4 heteroatoms. The normalized spacial score (nSPS) is 12.1. The first-order chi connectivity index (χ1) is 7.67.